The molecule has 16 nitrogen and oxygen atoms in total. The SMILES string of the molecule is CC[C@H](C)[C@H](NC(=O)OC)C(=O)N1[C@@H](C)CC[C@H]1c1nc2ccc3cc4c(cc3c2[nH]1)OCc1cc(-c2cnc([C@@H]3CC[C@H](C)N3C(=O)[C@@H](NC(=O)OC)C3C[C@@H](C)O[C@H](C)C3)[nH]2)ccc1-4. The number of aromatic amines is 2. The molecule has 350 valence electrons. The van der Waals surface area contributed by atoms with Gasteiger partial charge in [0.1, 0.15) is 36.1 Å². The van der Waals surface area contributed by atoms with E-state index >= 15 is 0 Å². The van der Waals surface area contributed by atoms with E-state index < -0.39 is 24.3 Å². The van der Waals surface area contributed by atoms with Gasteiger partial charge in [-0.25, -0.2) is 19.6 Å². The second-order valence-electron chi connectivity index (χ2n) is 19.0. The molecule has 4 aliphatic rings. The molecule has 9 atom stereocenters. The molecule has 9 rings (SSSR count). The molecule has 3 saturated heterocycles. The normalized spacial score (nSPS) is 25.1. The third-order valence-corrected chi connectivity index (χ3v) is 14.6. The molecular weight excluding hydrogens is 841 g/mol. The Morgan fingerprint density at radius 2 is 1.50 bits per heavy atom. The largest absolute Gasteiger partial charge is 0.488 e. The lowest BCUT2D eigenvalue weighted by Crippen LogP contribution is -2.55. The maximum Gasteiger partial charge on any atom is 0.407 e. The number of amides is 4. The number of fused-ring (bicyclic) bond motifs is 6. The number of ether oxygens (including phenoxy) is 4. The number of carbonyl (C=O) groups is 4. The van der Waals surface area contributed by atoms with Gasteiger partial charge in [-0.1, -0.05) is 38.5 Å². The van der Waals surface area contributed by atoms with Crippen molar-refractivity contribution in [1.29, 1.82) is 0 Å². The summed E-state index contributed by atoms with van der Waals surface area (Å²) in [4.78, 5) is 74.3. The second-order valence-corrected chi connectivity index (χ2v) is 19.0. The molecule has 3 fully saturated rings. The van der Waals surface area contributed by atoms with Gasteiger partial charge in [0.2, 0.25) is 11.8 Å². The minimum absolute atomic E-state index is 0.0289. The summed E-state index contributed by atoms with van der Waals surface area (Å²) in [5, 5.41) is 7.67. The van der Waals surface area contributed by atoms with Crippen LogP contribution < -0.4 is 15.4 Å². The zero-order valence-electron chi connectivity index (χ0n) is 39.1. The van der Waals surface area contributed by atoms with Crippen molar-refractivity contribution in [3.05, 3.63) is 65.9 Å². The number of imidazole rings is 2. The number of alkyl carbamates (subject to hydrolysis) is 2. The number of hydrogen-bond acceptors (Lipinski definition) is 10. The van der Waals surface area contributed by atoms with E-state index in [1.165, 1.54) is 14.2 Å². The number of methoxy groups -OCH3 is 2. The lowest BCUT2D eigenvalue weighted by atomic mass is 9.85. The summed E-state index contributed by atoms with van der Waals surface area (Å²) in [6, 6.07) is 12.6. The van der Waals surface area contributed by atoms with Crippen LogP contribution in [0.2, 0.25) is 0 Å². The van der Waals surface area contributed by atoms with Crippen LogP contribution in [0, 0.1) is 11.8 Å². The van der Waals surface area contributed by atoms with Crippen LogP contribution in [0.15, 0.2) is 48.7 Å². The quantitative estimate of drug-likeness (QED) is 0.106. The highest BCUT2D eigenvalue weighted by Gasteiger charge is 2.45. The van der Waals surface area contributed by atoms with E-state index in [2.05, 4.69) is 63.9 Å². The minimum Gasteiger partial charge on any atom is -0.488 e. The van der Waals surface area contributed by atoms with Crippen molar-refractivity contribution >= 4 is 45.8 Å². The fraction of sp³-hybridized carbons (Fsp3) is 0.520. The van der Waals surface area contributed by atoms with Gasteiger partial charge < -0.3 is 49.3 Å². The predicted octanol–water partition coefficient (Wildman–Crippen LogP) is 8.47. The van der Waals surface area contributed by atoms with E-state index in [1.807, 2.05) is 56.7 Å². The molecule has 0 radical (unpaired) electrons. The van der Waals surface area contributed by atoms with Crippen molar-refractivity contribution in [2.45, 2.75) is 142 Å². The molecule has 0 bridgehead atoms. The lowest BCUT2D eigenvalue weighted by molar-refractivity contribution is -0.140. The summed E-state index contributed by atoms with van der Waals surface area (Å²) in [5.41, 5.74) is 6.59. The van der Waals surface area contributed by atoms with Crippen molar-refractivity contribution in [3.8, 4) is 28.1 Å². The first kappa shape index (κ1) is 45.0. The zero-order valence-corrected chi connectivity index (χ0v) is 39.1. The molecular formula is C50H62N8O8. The monoisotopic (exact) mass is 902 g/mol. The van der Waals surface area contributed by atoms with Crippen LogP contribution in [0.25, 0.3) is 44.2 Å². The standard InChI is InChI=1S/C50H62N8O8/c1-9-25(2)42(55-49(61)63-7)47(59)58-27(4)11-17-40(58)46-52-37-15-13-30-21-36-34-14-12-31(20-33(34)24-65-41(36)22-35(30)44(37)54-46)38-23-51-45(53-38)39-16-10-26(3)57(39)48(60)43(56-50(62)64-8)32-18-28(5)66-29(6)19-32/h12-15,20-23,25-29,32,39-40,42-43H,9-11,16-19,24H2,1-8H3,(H,51,53)(H,52,54)(H,55,61)(H,56,62)/t25-,26-,27-,28+,29+,39-,40-,42-,43-/m0/s1. The number of H-pyrrole nitrogens is 2. The first-order valence-electron chi connectivity index (χ1n) is 23.5. The molecule has 0 saturated carbocycles. The lowest BCUT2D eigenvalue weighted by Gasteiger charge is -2.39. The van der Waals surface area contributed by atoms with E-state index in [9.17, 15) is 19.2 Å². The Morgan fingerprint density at radius 1 is 0.818 bits per heavy atom. The van der Waals surface area contributed by atoms with Gasteiger partial charge in [0.05, 0.1) is 61.4 Å². The summed E-state index contributed by atoms with van der Waals surface area (Å²) < 4.78 is 22.3. The molecule has 0 aliphatic carbocycles. The van der Waals surface area contributed by atoms with E-state index in [-0.39, 0.29) is 60.0 Å². The molecule has 4 N–H and O–H groups in total. The molecule has 4 aliphatic heterocycles. The van der Waals surface area contributed by atoms with Crippen molar-refractivity contribution < 1.29 is 38.1 Å². The summed E-state index contributed by atoms with van der Waals surface area (Å²) in [5.74, 6) is 1.75. The Kier molecular flexibility index (Phi) is 12.5. The molecule has 0 spiro atoms. The number of hydrogen-bond donors (Lipinski definition) is 4. The number of benzene rings is 3. The maximum atomic E-state index is 14.5. The van der Waals surface area contributed by atoms with Crippen molar-refractivity contribution in [1.82, 2.24) is 40.4 Å². The Bertz CT molecular complexity index is 2650. The Morgan fingerprint density at radius 3 is 2.20 bits per heavy atom. The molecule has 66 heavy (non-hydrogen) atoms. The van der Waals surface area contributed by atoms with Crippen LogP contribution in [-0.4, -0.2) is 104 Å². The Balaban J connectivity index is 0.958. The van der Waals surface area contributed by atoms with E-state index in [0.29, 0.717) is 31.7 Å². The van der Waals surface area contributed by atoms with Crippen molar-refractivity contribution in [2.24, 2.45) is 11.8 Å². The predicted molar refractivity (Wildman–Crippen MR) is 248 cm³/mol. The van der Waals surface area contributed by atoms with Gasteiger partial charge in [-0.2, -0.15) is 0 Å². The molecule has 16 heteroatoms. The molecule has 0 unspecified atom stereocenters. The third kappa shape index (κ3) is 8.32. The number of nitrogens with one attached hydrogen (secondary N) is 4. The molecule has 2 aromatic heterocycles. The topological polar surface area (TPSA) is 193 Å². The third-order valence-electron chi connectivity index (χ3n) is 14.6. The zero-order chi connectivity index (χ0) is 46.6. The van der Waals surface area contributed by atoms with E-state index in [0.717, 1.165) is 87.0 Å². The Hall–Kier alpha value is -6.16. The molecule has 5 aromatic rings. The molecule has 3 aromatic carbocycles. The van der Waals surface area contributed by atoms with E-state index in [1.54, 1.807) is 0 Å². The smallest absolute Gasteiger partial charge is 0.407 e. The summed E-state index contributed by atoms with van der Waals surface area (Å²) in [7, 11) is 2.62. The van der Waals surface area contributed by atoms with Crippen LogP contribution in [0.4, 0.5) is 9.59 Å². The molecule has 6 heterocycles. The van der Waals surface area contributed by atoms with E-state index in [4.69, 9.17) is 28.9 Å². The number of aromatic nitrogens is 4. The number of carbonyl (C=O) groups excluding carboxylic acids is 4. The van der Waals surface area contributed by atoms with Gasteiger partial charge in [0.15, 0.2) is 0 Å². The van der Waals surface area contributed by atoms with Gasteiger partial charge in [-0.05, 0) is 124 Å². The van der Waals surface area contributed by atoms with Gasteiger partial charge in [-0.15, -0.1) is 0 Å². The fourth-order valence-electron chi connectivity index (χ4n) is 11.0. The number of rotatable bonds is 10. The Labute approximate surface area is 384 Å². The highest BCUT2D eigenvalue weighted by molar-refractivity contribution is 6.07. The van der Waals surface area contributed by atoms with Crippen molar-refractivity contribution in [2.75, 3.05) is 14.2 Å². The minimum atomic E-state index is -0.747. The summed E-state index contributed by atoms with van der Waals surface area (Å²) in [6.45, 7) is 12.5. The number of likely N-dealkylation sites (tertiary alicyclic amines) is 2. The molecule has 4 amide bonds. The highest BCUT2D eigenvalue weighted by Crippen LogP contribution is 2.44. The average Bonchev–Trinajstić information content (AvgIpc) is 4.14. The van der Waals surface area contributed by atoms with Gasteiger partial charge >= 0.3 is 12.2 Å². The maximum absolute atomic E-state index is 14.5. The van der Waals surface area contributed by atoms with Crippen LogP contribution in [0.1, 0.15) is 116 Å². The first-order chi connectivity index (χ1) is 31.8. The summed E-state index contributed by atoms with van der Waals surface area (Å²) >= 11 is 0. The van der Waals surface area contributed by atoms with Crippen LogP contribution in [0.3, 0.4) is 0 Å². The second kappa shape index (κ2) is 18.3. The highest BCUT2D eigenvalue weighted by atomic mass is 16.5. The van der Waals surface area contributed by atoms with Crippen LogP contribution in [0.5, 0.6) is 5.75 Å². The first-order valence-corrected chi connectivity index (χ1v) is 23.5. The van der Waals surface area contributed by atoms with Crippen LogP contribution in [-0.2, 0) is 30.4 Å². The average molecular weight is 903 g/mol. The van der Waals surface area contributed by atoms with Crippen LogP contribution >= 0.6 is 0 Å². The van der Waals surface area contributed by atoms with Gasteiger partial charge in [0.25, 0.3) is 0 Å². The van der Waals surface area contributed by atoms with Crippen molar-refractivity contribution in [3.63, 3.8) is 0 Å². The number of nitrogens with zero attached hydrogens (tertiary/aromatic N) is 4. The van der Waals surface area contributed by atoms with Gasteiger partial charge in [0, 0.05) is 23.0 Å². The fourth-order valence-corrected chi connectivity index (χ4v) is 11.0. The summed E-state index contributed by atoms with van der Waals surface area (Å²) in [6.07, 6.45) is 5.67. The van der Waals surface area contributed by atoms with Gasteiger partial charge in [-0.3, -0.25) is 9.59 Å².